The number of hydrogen-bond donors (Lipinski definition) is 1. The van der Waals surface area contributed by atoms with Gasteiger partial charge >= 0.3 is 0 Å². The Morgan fingerprint density at radius 1 is 1.00 bits per heavy atom. The van der Waals surface area contributed by atoms with Gasteiger partial charge in [0.05, 0.1) is 18.8 Å². The van der Waals surface area contributed by atoms with Gasteiger partial charge in [-0.05, 0) is 25.7 Å². The monoisotopic (exact) mass is 227 g/mol. The molecule has 16 heavy (non-hydrogen) atoms. The normalized spacial score (nSPS) is 36.9. The molecule has 0 aromatic heterocycles. The molecule has 1 aliphatic heterocycles. The molecule has 2 rings (SSSR count). The molecular weight excluding hydrogens is 202 g/mol. The molecule has 2 N–H and O–H groups in total. The quantitative estimate of drug-likeness (QED) is 0.804. The van der Waals surface area contributed by atoms with Gasteiger partial charge in [0.1, 0.15) is 0 Å². The molecule has 0 spiro atoms. The zero-order chi connectivity index (χ0) is 11.2. The van der Waals surface area contributed by atoms with Crippen LogP contribution in [0, 0.1) is 0 Å². The Hall–Kier alpha value is -0.120. The summed E-state index contributed by atoms with van der Waals surface area (Å²) in [5.74, 6) is 0. The molecule has 94 valence electrons. The van der Waals surface area contributed by atoms with Crippen molar-refractivity contribution in [1.82, 2.24) is 0 Å². The van der Waals surface area contributed by atoms with Crippen LogP contribution in [0.25, 0.3) is 0 Å². The third kappa shape index (κ3) is 3.72. The third-order valence-electron chi connectivity index (χ3n) is 3.77. The summed E-state index contributed by atoms with van der Waals surface area (Å²) in [5, 5.41) is 0. The van der Waals surface area contributed by atoms with Crippen LogP contribution in [0.2, 0.25) is 0 Å². The van der Waals surface area contributed by atoms with E-state index in [1.807, 2.05) is 0 Å². The topological polar surface area (TPSA) is 44.5 Å². The maximum Gasteiger partial charge on any atom is 0.0809 e. The van der Waals surface area contributed by atoms with E-state index in [0.29, 0.717) is 6.10 Å². The highest BCUT2D eigenvalue weighted by atomic mass is 16.5. The maximum absolute atomic E-state index is 6.17. The first-order chi connectivity index (χ1) is 7.86. The number of ether oxygens (including phenoxy) is 2. The lowest BCUT2D eigenvalue weighted by Gasteiger charge is -2.27. The molecule has 1 saturated heterocycles. The molecule has 3 heteroatoms. The first kappa shape index (κ1) is 12.3. The Kier molecular flexibility index (Phi) is 5.07. The van der Waals surface area contributed by atoms with E-state index in [2.05, 4.69) is 0 Å². The van der Waals surface area contributed by atoms with Crippen molar-refractivity contribution in [2.45, 2.75) is 69.6 Å². The van der Waals surface area contributed by atoms with Gasteiger partial charge in [-0.1, -0.05) is 25.7 Å². The zero-order valence-electron chi connectivity index (χ0n) is 10.2. The predicted octanol–water partition coefficient (Wildman–Crippen LogP) is 2.23. The summed E-state index contributed by atoms with van der Waals surface area (Å²) in [6.07, 6.45) is 10.4. The Morgan fingerprint density at radius 3 is 2.56 bits per heavy atom. The van der Waals surface area contributed by atoms with Gasteiger partial charge in [0.2, 0.25) is 0 Å². The van der Waals surface area contributed by atoms with E-state index in [9.17, 15) is 0 Å². The van der Waals surface area contributed by atoms with Crippen LogP contribution in [0.4, 0.5) is 0 Å². The van der Waals surface area contributed by atoms with Crippen molar-refractivity contribution >= 4 is 0 Å². The highest BCUT2D eigenvalue weighted by molar-refractivity contribution is 4.77. The van der Waals surface area contributed by atoms with E-state index in [0.717, 1.165) is 32.5 Å². The third-order valence-corrected chi connectivity index (χ3v) is 3.77. The Labute approximate surface area is 98.7 Å². The van der Waals surface area contributed by atoms with Crippen LogP contribution < -0.4 is 5.73 Å². The minimum atomic E-state index is 0.238. The van der Waals surface area contributed by atoms with Crippen LogP contribution in [-0.4, -0.2) is 31.5 Å². The first-order valence-electron chi connectivity index (χ1n) is 6.85. The summed E-state index contributed by atoms with van der Waals surface area (Å²) in [6, 6.07) is 0.238. The number of nitrogens with two attached hydrogens (primary N) is 1. The fourth-order valence-corrected chi connectivity index (χ4v) is 2.69. The average molecular weight is 227 g/mol. The second-order valence-electron chi connectivity index (χ2n) is 5.16. The molecule has 0 aromatic carbocycles. The van der Waals surface area contributed by atoms with Crippen LogP contribution in [0.5, 0.6) is 0 Å². The van der Waals surface area contributed by atoms with Gasteiger partial charge in [-0.15, -0.1) is 0 Å². The maximum atomic E-state index is 6.17. The average Bonchev–Trinajstić information content (AvgIpc) is 2.76. The van der Waals surface area contributed by atoms with E-state index < -0.39 is 0 Å². The molecule has 3 nitrogen and oxygen atoms in total. The van der Waals surface area contributed by atoms with Crippen LogP contribution in [-0.2, 0) is 9.47 Å². The molecule has 0 amide bonds. The molecule has 1 heterocycles. The fraction of sp³-hybridized carbons (Fsp3) is 1.00. The zero-order valence-corrected chi connectivity index (χ0v) is 10.2. The van der Waals surface area contributed by atoms with E-state index in [1.54, 1.807) is 0 Å². The van der Waals surface area contributed by atoms with E-state index >= 15 is 0 Å². The second-order valence-corrected chi connectivity index (χ2v) is 5.16. The van der Waals surface area contributed by atoms with E-state index in [4.69, 9.17) is 15.2 Å². The summed E-state index contributed by atoms with van der Waals surface area (Å²) < 4.78 is 11.5. The van der Waals surface area contributed by atoms with E-state index in [-0.39, 0.29) is 12.1 Å². The van der Waals surface area contributed by atoms with Crippen LogP contribution in [0.1, 0.15) is 51.4 Å². The van der Waals surface area contributed by atoms with Gasteiger partial charge in [-0.3, -0.25) is 0 Å². The first-order valence-corrected chi connectivity index (χ1v) is 6.85. The highest BCUT2D eigenvalue weighted by Gasteiger charge is 2.23. The van der Waals surface area contributed by atoms with Crippen molar-refractivity contribution in [2.24, 2.45) is 5.73 Å². The number of hydrogen-bond acceptors (Lipinski definition) is 3. The smallest absolute Gasteiger partial charge is 0.0809 e. The van der Waals surface area contributed by atoms with Gasteiger partial charge in [-0.2, -0.15) is 0 Å². The van der Waals surface area contributed by atoms with Crippen molar-refractivity contribution in [3.05, 3.63) is 0 Å². The molecular formula is C13H25NO2. The lowest BCUT2D eigenvalue weighted by atomic mass is 9.95. The van der Waals surface area contributed by atoms with Crippen molar-refractivity contribution in [3.8, 4) is 0 Å². The lowest BCUT2D eigenvalue weighted by Crippen LogP contribution is -2.39. The van der Waals surface area contributed by atoms with Crippen LogP contribution in [0.3, 0.4) is 0 Å². The molecule has 0 bridgehead atoms. The highest BCUT2D eigenvalue weighted by Crippen LogP contribution is 2.20. The second kappa shape index (κ2) is 6.58. The van der Waals surface area contributed by atoms with Crippen LogP contribution in [0.15, 0.2) is 0 Å². The van der Waals surface area contributed by atoms with Crippen molar-refractivity contribution < 1.29 is 9.47 Å². The molecule has 2 aliphatic rings. The summed E-state index contributed by atoms with van der Waals surface area (Å²) >= 11 is 0. The molecule has 0 radical (unpaired) electrons. The largest absolute Gasteiger partial charge is 0.376 e. The van der Waals surface area contributed by atoms with Crippen LogP contribution >= 0.6 is 0 Å². The fourth-order valence-electron chi connectivity index (χ4n) is 2.69. The molecule has 3 atom stereocenters. The standard InChI is InChI=1S/C13H25NO2/c14-12-7-3-1-2-4-8-13(12)16-10-11-6-5-9-15-11/h11-13H,1-10,14H2. The van der Waals surface area contributed by atoms with Gasteiger partial charge in [0.25, 0.3) is 0 Å². The molecule has 1 aliphatic carbocycles. The van der Waals surface area contributed by atoms with Gasteiger partial charge in [-0.25, -0.2) is 0 Å². The van der Waals surface area contributed by atoms with Gasteiger partial charge < -0.3 is 15.2 Å². The van der Waals surface area contributed by atoms with Gasteiger partial charge in [0, 0.05) is 12.6 Å². The Balaban J connectivity index is 1.71. The molecule has 1 saturated carbocycles. The van der Waals surface area contributed by atoms with Crippen molar-refractivity contribution in [1.29, 1.82) is 0 Å². The molecule has 0 aromatic rings. The SMILES string of the molecule is NC1CCCCCCC1OCC1CCCO1. The molecule has 2 fully saturated rings. The van der Waals surface area contributed by atoms with Crippen molar-refractivity contribution in [3.63, 3.8) is 0 Å². The number of rotatable bonds is 3. The van der Waals surface area contributed by atoms with E-state index in [1.165, 1.54) is 32.1 Å². The van der Waals surface area contributed by atoms with Gasteiger partial charge in [0.15, 0.2) is 0 Å². The predicted molar refractivity (Wildman–Crippen MR) is 64.4 cm³/mol. The lowest BCUT2D eigenvalue weighted by molar-refractivity contribution is -0.0354. The van der Waals surface area contributed by atoms with Crippen molar-refractivity contribution in [2.75, 3.05) is 13.2 Å². The summed E-state index contributed by atoms with van der Waals surface area (Å²) in [5.41, 5.74) is 6.17. The summed E-state index contributed by atoms with van der Waals surface area (Å²) in [7, 11) is 0. The minimum Gasteiger partial charge on any atom is -0.376 e. The molecule has 3 unspecified atom stereocenters. The summed E-state index contributed by atoms with van der Waals surface area (Å²) in [4.78, 5) is 0. The Bertz CT molecular complexity index is 192. The minimum absolute atomic E-state index is 0.238. The Morgan fingerprint density at radius 2 is 1.81 bits per heavy atom. The summed E-state index contributed by atoms with van der Waals surface area (Å²) in [6.45, 7) is 1.66.